The van der Waals surface area contributed by atoms with Crippen LogP contribution in [0.3, 0.4) is 0 Å². The minimum Gasteiger partial charge on any atom is -0.483 e. The summed E-state index contributed by atoms with van der Waals surface area (Å²) in [5, 5.41) is 3.30. The van der Waals surface area contributed by atoms with Gasteiger partial charge in [0.1, 0.15) is 5.75 Å². The van der Waals surface area contributed by atoms with Crippen LogP contribution < -0.4 is 10.1 Å². The summed E-state index contributed by atoms with van der Waals surface area (Å²) < 4.78 is 5.76. The van der Waals surface area contributed by atoms with Gasteiger partial charge in [-0.2, -0.15) is 0 Å². The van der Waals surface area contributed by atoms with Gasteiger partial charge in [0.15, 0.2) is 6.61 Å². The molecule has 0 unspecified atom stereocenters. The number of benzene rings is 1. The van der Waals surface area contributed by atoms with Gasteiger partial charge >= 0.3 is 0 Å². The van der Waals surface area contributed by atoms with Crippen molar-refractivity contribution in [1.29, 1.82) is 0 Å². The highest BCUT2D eigenvalue weighted by Gasteiger charge is 2.48. The highest BCUT2D eigenvalue weighted by atomic mass is 16.5. The lowest BCUT2D eigenvalue weighted by Gasteiger charge is -2.54. The van der Waals surface area contributed by atoms with Gasteiger partial charge in [-0.15, -0.1) is 0 Å². The molecule has 4 aliphatic rings. The lowest BCUT2D eigenvalue weighted by molar-refractivity contribution is -0.127. The van der Waals surface area contributed by atoms with Gasteiger partial charge in [0.25, 0.3) is 5.91 Å². The third-order valence-electron chi connectivity index (χ3n) is 6.26. The normalized spacial score (nSPS) is 34.4. The van der Waals surface area contributed by atoms with Crippen LogP contribution in [0.5, 0.6) is 5.75 Å². The van der Waals surface area contributed by atoms with Gasteiger partial charge in [-0.1, -0.05) is 12.1 Å². The first kappa shape index (κ1) is 15.0. The molecule has 1 aromatic carbocycles. The van der Waals surface area contributed by atoms with Crippen molar-refractivity contribution in [2.45, 2.75) is 52.0 Å². The topological polar surface area (TPSA) is 38.3 Å². The Morgan fingerprint density at radius 3 is 2.39 bits per heavy atom. The Labute approximate surface area is 138 Å². The molecule has 0 spiro atoms. The summed E-state index contributed by atoms with van der Waals surface area (Å²) in [6.07, 6.45) is 6.76. The van der Waals surface area contributed by atoms with Crippen LogP contribution in [-0.2, 0) is 4.79 Å². The van der Waals surface area contributed by atoms with Gasteiger partial charge < -0.3 is 10.1 Å². The van der Waals surface area contributed by atoms with Crippen LogP contribution in [0.2, 0.25) is 0 Å². The molecule has 0 atom stereocenters. The van der Waals surface area contributed by atoms with Gasteiger partial charge in [0.2, 0.25) is 0 Å². The first-order valence-electron chi connectivity index (χ1n) is 9.08. The summed E-state index contributed by atoms with van der Waals surface area (Å²) in [5.41, 5.74) is 2.24. The molecule has 5 rings (SSSR count). The lowest BCUT2D eigenvalue weighted by Crippen LogP contribution is -2.56. The SMILES string of the molecule is Cc1ccc(C)c(OCC(=O)NC2C3CC4CC(C3)CC2C4)c1. The van der Waals surface area contributed by atoms with Crippen LogP contribution in [0.1, 0.15) is 43.2 Å². The number of carbonyl (C=O) groups excluding carboxylic acids is 1. The predicted octanol–water partition coefficient (Wildman–Crippen LogP) is 3.62. The number of carbonyl (C=O) groups is 1. The minimum atomic E-state index is 0.0448. The first-order chi connectivity index (χ1) is 11.1. The Kier molecular flexibility index (Phi) is 3.82. The van der Waals surface area contributed by atoms with Crippen molar-refractivity contribution < 1.29 is 9.53 Å². The summed E-state index contributed by atoms with van der Waals surface area (Å²) >= 11 is 0. The molecule has 3 heteroatoms. The molecular weight excluding hydrogens is 286 g/mol. The number of rotatable bonds is 4. The molecule has 4 saturated carbocycles. The summed E-state index contributed by atoms with van der Waals surface area (Å²) in [6, 6.07) is 6.51. The molecule has 23 heavy (non-hydrogen) atoms. The fourth-order valence-electron chi connectivity index (χ4n) is 5.39. The third kappa shape index (κ3) is 2.98. The molecule has 4 aliphatic carbocycles. The second-order valence-electron chi connectivity index (χ2n) is 8.08. The first-order valence-corrected chi connectivity index (χ1v) is 9.08. The molecule has 1 N–H and O–H groups in total. The molecular formula is C20H27NO2. The molecule has 3 nitrogen and oxygen atoms in total. The zero-order valence-corrected chi connectivity index (χ0v) is 14.2. The van der Waals surface area contributed by atoms with Gasteiger partial charge in [-0.25, -0.2) is 0 Å². The maximum Gasteiger partial charge on any atom is 0.258 e. The van der Waals surface area contributed by atoms with Crippen LogP contribution in [0, 0.1) is 37.5 Å². The van der Waals surface area contributed by atoms with Gasteiger partial charge in [0.05, 0.1) is 0 Å². The maximum absolute atomic E-state index is 12.4. The molecule has 0 aromatic heterocycles. The third-order valence-corrected chi connectivity index (χ3v) is 6.26. The Morgan fingerprint density at radius 2 is 1.74 bits per heavy atom. The number of amides is 1. The molecule has 0 saturated heterocycles. The highest BCUT2D eigenvalue weighted by molar-refractivity contribution is 5.78. The molecule has 1 amide bonds. The standard InChI is InChI=1S/C20H27NO2/c1-12-3-4-13(2)18(5-12)23-11-19(22)21-20-16-7-14-6-15(9-16)10-17(20)8-14/h3-5,14-17,20H,6-11H2,1-2H3,(H,21,22). The van der Waals surface area contributed by atoms with Crippen molar-refractivity contribution >= 4 is 5.91 Å². The van der Waals surface area contributed by atoms with Crippen LogP contribution >= 0.6 is 0 Å². The maximum atomic E-state index is 12.4. The van der Waals surface area contributed by atoms with E-state index in [9.17, 15) is 4.79 Å². The average molecular weight is 313 g/mol. The number of hydrogen-bond donors (Lipinski definition) is 1. The van der Waals surface area contributed by atoms with Crippen LogP contribution in [0.25, 0.3) is 0 Å². The summed E-state index contributed by atoms with van der Waals surface area (Å²) in [5.74, 6) is 4.19. The van der Waals surface area contributed by atoms with Crippen molar-refractivity contribution in [3.05, 3.63) is 29.3 Å². The minimum absolute atomic E-state index is 0.0448. The average Bonchev–Trinajstić information content (AvgIpc) is 2.51. The van der Waals surface area contributed by atoms with Crippen molar-refractivity contribution in [1.82, 2.24) is 5.32 Å². The zero-order valence-electron chi connectivity index (χ0n) is 14.2. The van der Waals surface area contributed by atoms with E-state index in [4.69, 9.17) is 4.74 Å². The smallest absolute Gasteiger partial charge is 0.258 e. The van der Waals surface area contributed by atoms with E-state index in [-0.39, 0.29) is 12.5 Å². The lowest BCUT2D eigenvalue weighted by atomic mass is 9.54. The van der Waals surface area contributed by atoms with Crippen LogP contribution in [0.4, 0.5) is 0 Å². The van der Waals surface area contributed by atoms with Crippen LogP contribution in [-0.4, -0.2) is 18.6 Å². The van der Waals surface area contributed by atoms with E-state index in [1.165, 1.54) is 32.1 Å². The summed E-state index contributed by atoms with van der Waals surface area (Å²) in [7, 11) is 0. The molecule has 1 aromatic rings. The predicted molar refractivity (Wildman–Crippen MR) is 90.4 cm³/mol. The number of ether oxygens (including phenoxy) is 1. The van der Waals surface area contributed by atoms with Crippen molar-refractivity contribution in [3.8, 4) is 5.75 Å². The Bertz CT molecular complexity index is 582. The highest BCUT2D eigenvalue weighted by Crippen LogP contribution is 2.53. The van der Waals surface area contributed by atoms with E-state index < -0.39 is 0 Å². The van der Waals surface area contributed by atoms with E-state index in [1.807, 2.05) is 26.0 Å². The molecule has 0 radical (unpaired) electrons. The van der Waals surface area contributed by atoms with E-state index in [1.54, 1.807) is 0 Å². The molecule has 0 heterocycles. The van der Waals surface area contributed by atoms with E-state index in [0.29, 0.717) is 6.04 Å². The van der Waals surface area contributed by atoms with Crippen molar-refractivity contribution in [3.63, 3.8) is 0 Å². The van der Waals surface area contributed by atoms with Crippen molar-refractivity contribution in [2.75, 3.05) is 6.61 Å². The van der Waals surface area contributed by atoms with E-state index >= 15 is 0 Å². The second kappa shape index (κ2) is 5.85. The molecule has 4 bridgehead atoms. The van der Waals surface area contributed by atoms with Crippen molar-refractivity contribution in [2.24, 2.45) is 23.7 Å². The fourth-order valence-corrected chi connectivity index (χ4v) is 5.39. The Morgan fingerprint density at radius 1 is 1.09 bits per heavy atom. The number of nitrogens with one attached hydrogen (secondary N) is 1. The number of aryl methyl sites for hydroxylation is 2. The fraction of sp³-hybridized carbons (Fsp3) is 0.650. The monoisotopic (exact) mass is 313 g/mol. The van der Waals surface area contributed by atoms with Gasteiger partial charge in [0, 0.05) is 6.04 Å². The van der Waals surface area contributed by atoms with Gasteiger partial charge in [-0.3, -0.25) is 4.79 Å². The van der Waals surface area contributed by atoms with Gasteiger partial charge in [-0.05, 0) is 86.8 Å². The second-order valence-corrected chi connectivity index (χ2v) is 8.08. The summed E-state index contributed by atoms with van der Waals surface area (Å²) in [6.45, 7) is 4.19. The molecule has 124 valence electrons. The molecule has 4 fully saturated rings. The zero-order chi connectivity index (χ0) is 16.0. The van der Waals surface area contributed by atoms with E-state index in [0.717, 1.165) is 40.5 Å². The Hall–Kier alpha value is -1.51. The quantitative estimate of drug-likeness (QED) is 0.922. The summed E-state index contributed by atoms with van der Waals surface area (Å²) in [4.78, 5) is 12.4. The largest absolute Gasteiger partial charge is 0.483 e. The van der Waals surface area contributed by atoms with Crippen LogP contribution in [0.15, 0.2) is 18.2 Å². The molecule has 0 aliphatic heterocycles. The Balaban J connectivity index is 1.34. The van der Waals surface area contributed by atoms with E-state index in [2.05, 4.69) is 11.4 Å². The number of hydrogen-bond acceptors (Lipinski definition) is 2.